The van der Waals surface area contributed by atoms with Gasteiger partial charge in [0.05, 0.1) is 6.10 Å². The van der Waals surface area contributed by atoms with E-state index >= 15 is 0 Å². The Morgan fingerprint density at radius 2 is 1.68 bits per heavy atom. The molecule has 0 aliphatic heterocycles. The smallest absolute Gasteiger partial charge is 0.225 e. The summed E-state index contributed by atoms with van der Waals surface area (Å²) in [7, 11) is -1.98. The van der Waals surface area contributed by atoms with Gasteiger partial charge < -0.3 is 4.43 Å². The van der Waals surface area contributed by atoms with Crippen LogP contribution in [-0.2, 0) is 9.22 Å². The summed E-state index contributed by atoms with van der Waals surface area (Å²) in [5.41, 5.74) is 0. The van der Waals surface area contributed by atoms with Crippen LogP contribution in [-0.4, -0.2) is 29.1 Å². The van der Waals surface area contributed by atoms with Crippen molar-refractivity contribution in [2.45, 2.75) is 75.4 Å². The molecule has 0 heterocycles. The molecule has 0 N–H and O–H groups in total. The van der Waals surface area contributed by atoms with Crippen molar-refractivity contribution >= 4 is 48.4 Å². The van der Waals surface area contributed by atoms with E-state index in [0.29, 0.717) is 0 Å². The number of carbonyl (C=O) groups excluding carboxylic acids is 1. The first-order valence-corrected chi connectivity index (χ1v) is 12.1. The number of thioether (sulfide) groups is 1. The van der Waals surface area contributed by atoms with Gasteiger partial charge in [-0.3, -0.25) is 4.79 Å². The summed E-state index contributed by atoms with van der Waals surface area (Å²) in [6, 6.07) is 0. The van der Waals surface area contributed by atoms with E-state index in [0.717, 1.165) is 11.8 Å². The lowest BCUT2D eigenvalue weighted by Gasteiger charge is -2.41. The van der Waals surface area contributed by atoms with Crippen molar-refractivity contribution in [2.75, 3.05) is 0 Å². The zero-order valence-corrected chi connectivity index (χ0v) is 18.3. The average molecular weight is 385 g/mol. The molecule has 0 saturated carbocycles. The highest BCUT2D eigenvalue weighted by Gasteiger charge is 2.47. The monoisotopic (exact) mass is 384 g/mol. The first-order chi connectivity index (χ1) is 9.66. The van der Waals surface area contributed by atoms with Crippen LogP contribution in [0.3, 0.4) is 0 Å². The first kappa shape index (κ1) is 22.5. The van der Waals surface area contributed by atoms with Gasteiger partial charge in [0.2, 0.25) is 5.12 Å². The lowest BCUT2D eigenvalue weighted by molar-refractivity contribution is -0.112. The van der Waals surface area contributed by atoms with Crippen LogP contribution < -0.4 is 0 Å². The number of carbonyl (C=O) groups is 1. The van der Waals surface area contributed by atoms with Crippen molar-refractivity contribution in [1.82, 2.24) is 0 Å². The van der Waals surface area contributed by atoms with Crippen LogP contribution >= 0.6 is 35.0 Å². The highest BCUT2D eigenvalue weighted by Crippen LogP contribution is 2.43. The van der Waals surface area contributed by atoms with Crippen LogP contribution in [0.4, 0.5) is 0 Å². The molecule has 0 bridgehead atoms. The Morgan fingerprint density at radius 3 is 2.00 bits per heavy atom. The summed E-state index contributed by atoms with van der Waals surface area (Å²) >= 11 is 13.9. The van der Waals surface area contributed by atoms with E-state index in [9.17, 15) is 4.79 Å². The Balaban J connectivity index is 5.25. The Kier molecular flexibility index (Phi) is 8.25. The molecule has 2 atom stereocenters. The van der Waals surface area contributed by atoms with Crippen molar-refractivity contribution in [2.24, 2.45) is 5.92 Å². The van der Waals surface area contributed by atoms with E-state index in [-0.39, 0.29) is 21.5 Å². The minimum Gasteiger partial charge on any atom is -0.413 e. The second-order valence-electron chi connectivity index (χ2n) is 7.42. The van der Waals surface area contributed by atoms with E-state index in [4.69, 9.17) is 27.6 Å². The van der Waals surface area contributed by atoms with Crippen molar-refractivity contribution in [3.05, 3.63) is 12.7 Å². The lowest BCUT2D eigenvalue weighted by atomic mass is 10.00. The van der Waals surface area contributed by atoms with Gasteiger partial charge in [-0.2, -0.15) is 0 Å². The number of halogens is 2. The minimum atomic E-state index is -1.98. The number of hydrogen-bond donors (Lipinski definition) is 0. The highest BCUT2D eigenvalue weighted by molar-refractivity contribution is 8.14. The zero-order valence-electron chi connectivity index (χ0n) is 15.0. The third-order valence-corrected chi connectivity index (χ3v) is 10.7. The molecule has 0 radical (unpaired) electrons. The molecule has 0 aromatic carbocycles. The largest absolute Gasteiger partial charge is 0.413 e. The van der Waals surface area contributed by atoms with Gasteiger partial charge in [-0.05, 0) is 25.1 Å². The van der Waals surface area contributed by atoms with Gasteiger partial charge in [-0.25, -0.2) is 0 Å². The molecule has 0 saturated heterocycles. The average Bonchev–Trinajstić information content (AvgIpc) is 2.25. The van der Waals surface area contributed by atoms with Gasteiger partial charge in [0.15, 0.2) is 12.7 Å². The van der Waals surface area contributed by atoms with E-state index in [1.807, 2.05) is 20.8 Å². The fourth-order valence-electron chi connectivity index (χ4n) is 1.78. The van der Waals surface area contributed by atoms with Crippen LogP contribution in [0.1, 0.15) is 41.5 Å². The molecule has 0 unspecified atom stereocenters. The van der Waals surface area contributed by atoms with E-state index in [1.54, 1.807) is 6.08 Å². The van der Waals surface area contributed by atoms with E-state index < -0.39 is 18.6 Å². The predicted octanol–water partition coefficient (Wildman–Crippen LogP) is 6.04. The van der Waals surface area contributed by atoms with E-state index in [2.05, 4.69) is 40.4 Å². The summed E-state index contributed by atoms with van der Waals surface area (Å²) < 4.78 is 4.80. The second-order valence-corrected chi connectivity index (χ2v) is 15.1. The molecule has 0 rings (SSSR count). The molecule has 0 aliphatic rings. The molecule has 0 aromatic rings. The molecule has 22 heavy (non-hydrogen) atoms. The van der Waals surface area contributed by atoms with Crippen LogP contribution in [0.15, 0.2) is 12.7 Å². The fourth-order valence-corrected chi connectivity index (χ4v) is 4.73. The van der Waals surface area contributed by atoms with Gasteiger partial charge in [0.1, 0.15) is 0 Å². The Bertz CT molecular complexity index is 403. The summed E-state index contributed by atoms with van der Waals surface area (Å²) in [6.45, 7) is 20.4. The lowest BCUT2D eigenvalue weighted by Crippen LogP contribution is -2.48. The first-order valence-electron chi connectivity index (χ1n) is 7.56. The van der Waals surface area contributed by atoms with Gasteiger partial charge in [0, 0.05) is 11.2 Å². The van der Waals surface area contributed by atoms with Gasteiger partial charge in [-0.15, -0.1) is 6.58 Å². The van der Waals surface area contributed by atoms with Gasteiger partial charge >= 0.3 is 0 Å². The van der Waals surface area contributed by atoms with Gasteiger partial charge in [0.25, 0.3) is 0 Å². The summed E-state index contributed by atoms with van der Waals surface area (Å²) in [6.07, 6.45) is 1.36. The Hall–Kier alpha value is 0.517. The van der Waals surface area contributed by atoms with Crippen LogP contribution in [0.25, 0.3) is 0 Å². The molecule has 0 fully saturated rings. The van der Waals surface area contributed by atoms with Crippen LogP contribution in [0.5, 0.6) is 0 Å². The highest BCUT2D eigenvalue weighted by atomic mass is 35.5. The van der Waals surface area contributed by atoms with Crippen LogP contribution in [0, 0.1) is 5.92 Å². The quantitative estimate of drug-likeness (QED) is 0.304. The third-order valence-electron chi connectivity index (χ3n) is 4.08. The molecular formula is C16H30Cl2O2SSi. The summed E-state index contributed by atoms with van der Waals surface area (Å²) in [5.74, 6) is -0.455. The molecule has 2 nitrogen and oxygen atoms in total. The topological polar surface area (TPSA) is 26.3 Å². The molecule has 6 heteroatoms. The molecular weight excluding hydrogens is 355 g/mol. The van der Waals surface area contributed by atoms with Crippen molar-refractivity contribution in [3.63, 3.8) is 0 Å². The maximum absolute atomic E-state index is 12.3. The number of rotatable bonds is 7. The standard InChI is InChI=1S/C16H30Cl2O2SSi/c1-10-13(16(17,18)14(19)21-11(2)3)12(4)20-22(8,9)15(5,6)7/h10-13H,1H2,2-9H3/t12-,13+/m0/s1. The summed E-state index contributed by atoms with van der Waals surface area (Å²) in [5, 5.41) is -0.0433. The van der Waals surface area contributed by atoms with E-state index in [1.165, 1.54) is 0 Å². The number of alkyl halides is 2. The number of hydrogen-bond acceptors (Lipinski definition) is 3. The summed E-state index contributed by atoms with van der Waals surface area (Å²) in [4.78, 5) is 12.3. The Labute approximate surface area is 151 Å². The van der Waals surface area contributed by atoms with Crippen molar-refractivity contribution in [3.8, 4) is 0 Å². The van der Waals surface area contributed by atoms with Crippen LogP contribution in [0.2, 0.25) is 18.1 Å². The third kappa shape index (κ3) is 5.86. The maximum atomic E-state index is 12.3. The molecule has 0 aliphatic carbocycles. The molecule has 0 aromatic heterocycles. The normalized spacial score (nSPS) is 16.5. The second kappa shape index (κ2) is 8.06. The van der Waals surface area contributed by atoms with Crippen molar-refractivity contribution in [1.29, 1.82) is 0 Å². The maximum Gasteiger partial charge on any atom is 0.225 e. The Morgan fingerprint density at radius 1 is 1.23 bits per heavy atom. The van der Waals surface area contributed by atoms with Gasteiger partial charge in [-0.1, -0.05) is 75.7 Å². The zero-order chi connectivity index (χ0) is 17.9. The SMILES string of the molecule is C=C[C@H]([C@H](C)O[Si](C)(C)C(C)(C)C)C(Cl)(Cl)C(=O)SC(C)C. The minimum absolute atomic E-state index is 0.0744. The predicted molar refractivity (Wildman–Crippen MR) is 104 cm³/mol. The molecule has 130 valence electrons. The fraction of sp³-hybridized carbons (Fsp3) is 0.812. The van der Waals surface area contributed by atoms with Crippen molar-refractivity contribution < 1.29 is 9.22 Å². The molecule has 0 spiro atoms. The molecule has 0 amide bonds.